The van der Waals surface area contributed by atoms with E-state index < -0.39 is 17.7 Å². The fourth-order valence-electron chi connectivity index (χ4n) is 4.65. The lowest BCUT2D eigenvalue weighted by Crippen LogP contribution is -2.29. The first-order chi connectivity index (χ1) is 18.5. The maximum absolute atomic E-state index is 13.5. The fourth-order valence-corrected chi connectivity index (χ4v) is 4.65. The smallest absolute Gasteiger partial charge is 0.300 e. The number of aliphatic hydroxyl groups excluding tert-OH is 1. The lowest BCUT2D eigenvalue weighted by molar-refractivity contribution is -0.132. The number of carbonyl (C=O) groups is 2. The van der Waals surface area contributed by atoms with Crippen molar-refractivity contribution < 1.29 is 24.2 Å². The molecule has 0 radical (unpaired) electrons. The number of amides is 1. The van der Waals surface area contributed by atoms with Gasteiger partial charge in [0.15, 0.2) is 0 Å². The van der Waals surface area contributed by atoms with Crippen molar-refractivity contribution in [3.63, 3.8) is 0 Å². The molecule has 1 unspecified atom stereocenters. The summed E-state index contributed by atoms with van der Waals surface area (Å²) in [4.78, 5) is 28.5. The van der Waals surface area contributed by atoms with Crippen molar-refractivity contribution in [2.75, 3.05) is 11.5 Å². The molecule has 0 saturated carbocycles. The first kappa shape index (κ1) is 28.0. The van der Waals surface area contributed by atoms with E-state index in [1.54, 1.807) is 48.5 Å². The van der Waals surface area contributed by atoms with Crippen molar-refractivity contribution in [2.45, 2.75) is 65.5 Å². The number of ether oxygens (including phenoxy) is 2. The normalized spacial score (nSPS) is 17.1. The second-order valence-electron chi connectivity index (χ2n) is 11.1. The van der Waals surface area contributed by atoms with Crippen LogP contribution in [0.3, 0.4) is 0 Å². The van der Waals surface area contributed by atoms with Gasteiger partial charge in [-0.1, -0.05) is 64.1 Å². The molecule has 3 aromatic carbocycles. The van der Waals surface area contributed by atoms with Gasteiger partial charge in [0.2, 0.25) is 0 Å². The van der Waals surface area contributed by atoms with E-state index in [-0.39, 0.29) is 22.9 Å². The molecule has 6 nitrogen and oxygen atoms in total. The standard InChI is InChI=1S/C33H37NO5/c1-7-19-38-27-10-8-9-23(20-27)30(35)28-29(22-11-13-24(14-12-22)33(4,5)6)34(32(37)31(28)36)25-15-17-26(18-16-25)39-21(2)3/h8-18,20-21,29,35H,7,19H2,1-6H3/b30-28-. The van der Waals surface area contributed by atoms with Crippen LogP contribution < -0.4 is 14.4 Å². The first-order valence-electron chi connectivity index (χ1n) is 13.4. The third kappa shape index (κ3) is 6.00. The number of nitrogens with zero attached hydrogens (tertiary/aromatic N) is 1. The van der Waals surface area contributed by atoms with Gasteiger partial charge in [0.05, 0.1) is 24.3 Å². The average molecular weight is 528 g/mol. The Morgan fingerprint density at radius 2 is 1.62 bits per heavy atom. The van der Waals surface area contributed by atoms with E-state index >= 15 is 0 Å². The van der Waals surface area contributed by atoms with E-state index in [1.165, 1.54) is 4.90 Å². The Morgan fingerprint density at radius 1 is 0.949 bits per heavy atom. The summed E-state index contributed by atoms with van der Waals surface area (Å²) < 4.78 is 11.5. The predicted molar refractivity (Wildman–Crippen MR) is 154 cm³/mol. The molecule has 1 atom stereocenters. The van der Waals surface area contributed by atoms with Gasteiger partial charge in [0.25, 0.3) is 11.7 Å². The fraction of sp³-hybridized carbons (Fsp3) is 0.333. The molecule has 1 fully saturated rings. The number of hydrogen-bond acceptors (Lipinski definition) is 5. The molecule has 204 valence electrons. The first-order valence-corrected chi connectivity index (χ1v) is 13.4. The van der Waals surface area contributed by atoms with Crippen molar-refractivity contribution >= 4 is 23.1 Å². The molecule has 1 saturated heterocycles. The largest absolute Gasteiger partial charge is 0.507 e. The Morgan fingerprint density at radius 3 is 2.21 bits per heavy atom. The lowest BCUT2D eigenvalue weighted by atomic mass is 9.85. The number of benzene rings is 3. The number of rotatable bonds is 8. The minimum absolute atomic E-state index is 0.00322. The van der Waals surface area contributed by atoms with Crippen LogP contribution in [0.25, 0.3) is 5.76 Å². The Balaban J connectivity index is 1.85. The van der Waals surface area contributed by atoms with E-state index in [9.17, 15) is 14.7 Å². The molecule has 1 aliphatic heterocycles. The maximum atomic E-state index is 13.5. The third-order valence-corrected chi connectivity index (χ3v) is 6.60. The molecule has 0 aliphatic carbocycles. The van der Waals surface area contributed by atoms with Gasteiger partial charge in [-0.3, -0.25) is 14.5 Å². The molecule has 0 spiro atoms. The second-order valence-corrected chi connectivity index (χ2v) is 11.1. The van der Waals surface area contributed by atoms with Crippen molar-refractivity contribution in [3.05, 3.63) is 95.1 Å². The summed E-state index contributed by atoms with van der Waals surface area (Å²) in [6, 6.07) is 21.1. The number of anilines is 1. The van der Waals surface area contributed by atoms with Gasteiger partial charge >= 0.3 is 0 Å². The summed E-state index contributed by atoms with van der Waals surface area (Å²) in [5, 5.41) is 11.5. The molecule has 0 aromatic heterocycles. The van der Waals surface area contributed by atoms with Gasteiger partial charge in [-0.25, -0.2) is 0 Å². The molecule has 1 N–H and O–H groups in total. The van der Waals surface area contributed by atoms with E-state index in [0.29, 0.717) is 29.4 Å². The van der Waals surface area contributed by atoms with Gasteiger partial charge in [0, 0.05) is 11.3 Å². The van der Waals surface area contributed by atoms with Gasteiger partial charge < -0.3 is 14.6 Å². The number of hydrogen-bond donors (Lipinski definition) is 1. The van der Waals surface area contributed by atoms with Crippen LogP contribution >= 0.6 is 0 Å². The summed E-state index contributed by atoms with van der Waals surface area (Å²) in [6.45, 7) is 12.8. The number of Topliss-reactive ketones (excluding diaryl/α,β-unsaturated/α-hetero) is 1. The van der Waals surface area contributed by atoms with E-state index in [0.717, 1.165) is 17.5 Å². The summed E-state index contributed by atoms with van der Waals surface area (Å²) in [7, 11) is 0. The highest BCUT2D eigenvalue weighted by atomic mass is 16.5. The molecule has 1 aliphatic rings. The van der Waals surface area contributed by atoms with Crippen LogP contribution in [-0.2, 0) is 15.0 Å². The van der Waals surface area contributed by atoms with Crippen LogP contribution in [0.1, 0.15) is 70.7 Å². The van der Waals surface area contributed by atoms with Crippen LogP contribution in [0.5, 0.6) is 11.5 Å². The third-order valence-electron chi connectivity index (χ3n) is 6.60. The molecule has 0 bridgehead atoms. The number of carbonyl (C=O) groups excluding carboxylic acids is 2. The molecule has 6 heteroatoms. The Kier molecular flexibility index (Phi) is 8.14. The molecule has 1 amide bonds. The van der Waals surface area contributed by atoms with Gasteiger partial charge in [-0.05, 0) is 73.2 Å². The molecule has 3 aromatic rings. The predicted octanol–water partition coefficient (Wildman–Crippen LogP) is 7.19. The van der Waals surface area contributed by atoms with Crippen molar-refractivity contribution in [1.29, 1.82) is 0 Å². The quantitative estimate of drug-likeness (QED) is 0.191. The topological polar surface area (TPSA) is 76.1 Å². The molecule has 39 heavy (non-hydrogen) atoms. The van der Waals surface area contributed by atoms with Crippen LogP contribution in [0.4, 0.5) is 5.69 Å². The summed E-state index contributed by atoms with van der Waals surface area (Å²) in [5.41, 5.74) is 2.78. The maximum Gasteiger partial charge on any atom is 0.300 e. The summed E-state index contributed by atoms with van der Waals surface area (Å²) >= 11 is 0. The Hall–Kier alpha value is -4.06. The van der Waals surface area contributed by atoms with Crippen LogP contribution in [-0.4, -0.2) is 29.5 Å². The second kappa shape index (κ2) is 11.4. The SMILES string of the molecule is CCCOc1cccc(/C(O)=C2/C(=O)C(=O)N(c3ccc(OC(C)C)cc3)C2c2ccc(C(C)(C)C)cc2)c1. The number of aliphatic hydroxyl groups is 1. The van der Waals surface area contributed by atoms with E-state index in [1.807, 2.05) is 45.0 Å². The van der Waals surface area contributed by atoms with E-state index in [2.05, 4.69) is 20.8 Å². The molecule has 1 heterocycles. The minimum Gasteiger partial charge on any atom is -0.507 e. The van der Waals surface area contributed by atoms with Gasteiger partial charge in [-0.15, -0.1) is 0 Å². The van der Waals surface area contributed by atoms with E-state index in [4.69, 9.17) is 9.47 Å². The lowest BCUT2D eigenvalue weighted by Gasteiger charge is -2.27. The Labute approximate surface area is 230 Å². The highest BCUT2D eigenvalue weighted by Crippen LogP contribution is 2.43. The zero-order valence-corrected chi connectivity index (χ0v) is 23.5. The number of ketones is 1. The highest BCUT2D eigenvalue weighted by Gasteiger charge is 2.47. The minimum atomic E-state index is -0.809. The molecule has 4 rings (SSSR count). The molecular weight excluding hydrogens is 490 g/mol. The average Bonchev–Trinajstić information content (AvgIpc) is 3.17. The van der Waals surface area contributed by atoms with Crippen LogP contribution in [0, 0.1) is 0 Å². The van der Waals surface area contributed by atoms with Crippen molar-refractivity contribution in [1.82, 2.24) is 0 Å². The van der Waals surface area contributed by atoms with Crippen molar-refractivity contribution in [3.8, 4) is 11.5 Å². The van der Waals surface area contributed by atoms with Gasteiger partial charge in [0.1, 0.15) is 17.3 Å². The highest BCUT2D eigenvalue weighted by molar-refractivity contribution is 6.51. The molecular formula is C33H37NO5. The summed E-state index contributed by atoms with van der Waals surface area (Å²) in [5.74, 6) is -0.415. The monoisotopic (exact) mass is 527 g/mol. The Bertz CT molecular complexity index is 1360. The van der Waals surface area contributed by atoms with Gasteiger partial charge in [-0.2, -0.15) is 0 Å². The van der Waals surface area contributed by atoms with Crippen molar-refractivity contribution in [2.24, 2.45) is 0 Å². The zero-order chi connectivity index (χ0) is 28.3. The van der Waals surface area contributed by atoms with Crippen LogP contribution in [0.2, 0.25) is 0 Å². The summed E-state index contributed by atoms with van der Waals surface area (Å²) in [6.07, 6.45) is 0.843. The zero-order valence-electron chi connectivity index (χ0n) is 23.5. The van der Waals surface area contributed by atoms with Crippen LogP contribution in [0.15, 0.2) is 78.4 Å².